The first kappa shape index (κ1) is 8.48. The Hall–Kier alpha value is -1.12. The zero-order valence-electron chi connectivity index (χ0n) is 7.62. The Balaban J connectivity index is 2.00. The molecule has 2 rings (SSSR count). The fourth-order valence-corrected chi connectivity index (χ4v) is 2.00. The van der Waals surface area contributed by atoms with E-state index in [1.807, 2.05) is 6.07 Å². The van der Waals surface area contributed by atoms with Crippen molar-refractivity contribution in [2.24, 2.45) is 5.92 Å². The summed E-state index contributed by atoms with van der Waals surface area (Å²) in [7, 11) is 0. The number of nitrogens with one attached hydrogen (secondary N) is 1. The minimum Gasteiger partial charge on any atom is -0.268 e. The van der Waals surface area contributed by atoms with Gasteiger partial charge in [-0.05, 0) is 18.4 Å². The van der Waals surface area contributed by atoms with Crippen molar-refractivity contribution >= 4 is 0 Å². The van der Waals surface area contributed by atoms with Crippen LogP contribution in [0.25, 0.3) is 0 Å². The monoisotopic (exact) mass is 178 g/mol. The van der Waals surface area contributed by atoms with Crippen molar-refractivity contribution in [2.75, 3.05) is 0 Å². The quantitative estimate of drug-likeness (QED) is 0.746. The Kier molecular flexibility index (Phi) is 2.43. The zero-order chi connectivity index (χ0) is 9.10. The lowest BCUT2D eigenvalue weighted by Gasteiger charge is -2.06. The summed E-state index contributed by atoms with van der Waals surface area (Å²) in [6, 6.07) is 3.38. The Morgan fingerprint density at radius 3 is 2.77 bits per heavy atom. The second-order valence-corrected chi connectivity index (χ2v) is 3.77. The molecule has 0 amide bonds. The summed E-state index contributed by atoms with van der Waals surface area (Å²) in [6.07, 6.45) is 6.38. The lowest BCUT2D eigenvalue weighted by atomic mass is 10.0. The molecule has 1 saturated carbocycles. The van der Waals surface area contributed by atoms with Gasteiger partial charge in [0, 0.05) is 6.07 Å². The van der Waals surface area contributed by atoms with E-state index >= 15 is 0 Å². The van der Waals surface area contributed by atoms with Crippen LogP contribution in [0.4, 0.5) is 0 Å². The molecule has 1 heterocycles. The minimum absolute atomic E-state index is 0.116. The van der Waals surface area contributed by atoms with Gasteiger partial charge in [-0.2, -0.15) is 5.10 Å². The number of nitrogens with zero attached hydrogens (tertiary/aromatic N) is 1. The van der Waals surface area contributed by atoms with Crippen LogP contribution >= 0.6 is 0 Å². The highest BCUT2D eigenvalue weighted by molar-refractivity contribution is 5.00. The van der Waals surface area contributed by atoms with Crippen molar-refractivity contribution in [1.29, 1.82) is 0 Å². The number of H-pyrrole nitrogens is 1. The molecule has 0 radical (unpaired) electrons. The second-order valence-electron chi connectivity index (χ2n) is 3.77. The van der Waals surface area contributed by atoms with Gasteiger partial charge in [0.25, 0.3) is 5.56 Å². The van der Waals surface area contributed by atoms with Crippen molar-refractivity contribution in [3.63, 3.8) is 0 Å². The van der Waals surface area contributed by atoms with Crippen molar-refractivity contribution < 1.29 is 0 Å². The van der Waals surface area contributed by atoms with Crippen molar-refractivity contribution in [1.82, 2.24) is 10.2 Å². The van der Waals surface area contributed by atoms with E-state index in [0.717, 1.165) is 18.0 Å². The largest absolute Gasteiger partial charge is 0.268 e. The third-order valence-corrected chi connectivity index (χ3v) is 2.71. The van der Waals surface area contributed by atoms with Crippen LogP contribution < -0.4 is 5.56 Å². The van der Waals surface area contributed by atoms with Crippen LogP contribution in [-0.4, -0.2) is 10.2 Å². The van der Waals surface area contributed by atoms with Crippen LogP contribution in [0.2, 0.25) is 0 Å². The van der Waals surface area contributed by atoms with E-state index in [-0.39, 0.29) is 5.56 Å². The molecule has 0 unspecified atom stereocenters. The Morgan fingerprint density at radius 1 is 1.38 bits per heavy atom. The molecule has 1 fully saturated rings. The lowest BCUT2D eigenvalue weighted by Crippen LogP contribution is -2.09. The summed E-state index contributed by atoms with van der Waals surface area (Å²) < 4.78 is 0. The van der Waals surface area contributed by atoms with E-state index in [4.69, 9.17) is 0 Å². The molecule has 1 aromatic rings. The molecule has 3 heteroatoms. The van der Waals surface area contributed by atoms with E-state index in [0.29, 0.717) is 0 Å². The fraction of sp³-hybridized carbons (Fsp3) is 0.600. The summed E-state index contributed by atoms with van der Waals surface area (Å²) in [5, 5.41) is 6.47. The number of aromatic nitrogens is 2. The molecular weight excluding hydrogens is 164 g/mol. The fourth-order valence-electron chi connectivity index (χ4n) is 2.00. The summed E-state index contributed by atoms with van der Waals surface area (Å²) in [4.78, 5) is 10.7. The summed E-state index contributed by atoms with van der Waals surface area (Å²) in [5.74, 6) is 0.790. The molecule has 1 N–H and O–H groups in total. The number of hydrogen-bond acceptors (Lipinski definition) is 2. The topological polar surface area (TPSA) is 45.8 Å². The average molecular weight is 178 g/mol. The maximum absolute atomic E-state index is 10.7. The average Bonchev–Trinajstić information content (AvgIpc) is 2.62. The van der Waals surface area contributed by atoms with Gasteiger partial charge >= 0.3 is 0 Å². The van der Waals surface area contributed by atoms with Gasteiger partial charge in [0.1, 0.15) is 0 Å². The Morgan fingerprint density at radius 2 is 2.15 bits per heavy atom. The third kappa shape index (κ3) is 2.17. The van der Waals surface area contributed by atoms with E-state index in [1.165, 1.54) is 25.7 Å². The molecule has 1 aliphatic carbocycles. The number of aromatic amines is 1. The standard InChI is InChI=1S/C10H14N2O/c13-10-6-5-9(11-12-10)7-8-3-1-2-4-8/h5-6,8H,1-4,7H2,(H,12,13). The molecule has 1 aromatic heterocycles. The predicted octanol–water partition coefficient (Wildman–Crippen LogP) is 1.50. The van der Waals surface area contributed by atoms with Gasteiger partial charge in [0.2, 0.25) is 0 Å². The van der Waals surface area contributed by atoms with Gasteiger partial charge in [0.05, 0.1) is 5.69 Å². The smallest absolute Gasteiger partial charge is 0.264 e. The molecule has 0 atom stereocenters. The predicted molar refractivity (Wildman–Crippen MR) is 50.5 cm³/mol. The number of rotatable bonds is 2. The van der Waals surface area contributed by atoms with Gasteiger partial charge in [0.15, 0.2) is 0 Å². The molecule has 13 heavy (non-hydrogen) atoms. The van der Waals surface area contributed by atoms with Crippen molar-refractivity contribution in [2.45, 2.75) is 32.1 Å². The molecule has 0 aromatic carbocycles. The highest BCUT2D eigenvalue weighted by Crippen LogP contribution is 2.26. The SMILES string of the molecule is O=c1ccc(CC2CCCC2)n[nH]1. The van der Waals surface area contributed by atoms with Crippen LogP contribution in [0, 0.1) is 5.92 Å². The molecule has 0 saturated heterocycles. The van der Waals surface area contributed by atoms with Crippen molar-refractivity contribution in [3.8, 4) is 0 Å². The first-order valence-corrected chi connectivity index (χ1v) is 4.89. The van der Waals surface area contributed by atoms with Gasteiger partial charge in [-0.25, -0.2) is 5.10 Å². The molecule has 0 bridgehead atoms. The highest BCUT2D eigenvalue weighted by atomic mass is 16.1. The maximum Gasteiger partial charge on any atom is 0.264 e. The Labute approximate surface area is 77.2 Å². The normalized spacial score (nSPS) is 17.8. The van der Waals surface area contributed by atoms with E-state index in [9.17, 15) is 4.79 Å². The third-order valence-electron chi connectivity index (χ3n) is 2.71. The molecule has 3 nitrogen and oxygen atoms in total. The lowest BCUT2D eigenvalue weighted by molar-refractivity contribution is 0.535. The van der Waals surface area contributed by atoms with Gasteiger partial charge in [-0.1, -0.05) is 25.7 Å². The molecule has 1 aliphatic rings. The van der Waals surface area contributed by atoms with Crippen LogP contribution in [0.15, 0.2) is 16.9 Å². The van der Waals surface area contributed by atoms with E-state index in [1.54, 1.807) is 6.07 Å². The van der Waals surface area contributed by atoms with Crippen molar-refractivity contribution in [3.05, 3.63) is 28.2 Å². The first-order chi connectivity index (χ1) is 6.34. The zero-order valence-corrected chi connectivity index (χ0v) is 7.62. The highest BCUT2D eigenvalue weighted by Gasteiger charge is 2.15. The van der Waals surface area contributed by atoms with E-state index < -0.39 is 0 Å². The number of hydrogen-bond donors (Lipinski definition) is 1. The van der Waals surface area contributed by atoms with Crippen LogP contribution in [-0.2, 0) is 6.42 Å². The molecule has 70 valence electrons. The van der Waals surface area contributed by atoms with Crippen LogP contribution in [0.3, 0.4) is 0 Å². The summed E-state index contributed by atoms with van der Waals surface area (Å²) in [5.41, 5.74) is 0.904. The molecule has 0 spiro atoms. The van der Waals surface area contributed by atoms with Gasteiger partial charge in [-0.15, -0.1) is 0 Å². The van der Waals surface area contributed by atoms with Crippen LogP contribution in [0.5, 0.6) is 0 Å². The maximum atomic E-state index is 10.7. The summed E-state index contributed by atoms with van der Waals surface area (Å²) >= 11 is 0. The Bertz CT molecular complexity index is 305. The van der Waals surface area contributed by atoms with Gasteiger partial charge in [-0.3, -0.25) is 4.79 Å². The molecule has 0 aliphatic heterocycles. The van der Waals surface area contributed by atoms with Crippen LogP contribution in [0.1, 0.15) is 31.4 Å². The summed E-state index contributed by atoms with van der Waals surface area (Å²) in [6.45, 7) is 0. The van der Waals surface area contributed by atoms with Gasteiger partial charge < -0.3 is 0 Å². The minimum atomic E-state index is -0.116. The second kappa shape index (κ2) is 3.73. The van der Waals surface area contributed by atoms with E-state index in [2.05, 4.69) is 10.2 Å². The first-order valence-electron chi connectivity index (χ1n) is 4.89. The molecular formula is C10H14N2O.